The van der Waals surface area contributed by atoms with E-state index in [2.05, 4.69) is 47.0 Å². The molecular formula is C22H22N2. The van der Waals surface area contributed by atoms with Crippen LogP contribution in [0.2, 0.25) is 0 Å². The highest BCUT2D eigenvalue weighted by Gasteiger charge is 2.23. The fourth-order valence-corrected chi connectivity index (χ4v) is 3.98. The lowest BCUT2D eigenvalue weighted by molar-refractivity contribution is 0.634. The normalized spacial score (nSPS) is 16.5. The van der Waals surface area contributed by atoms with Gasteiger partial charge in [0.2, 0.25) is 0 Å². The van der Waals surface area contributed by atoms with Crippen LogP contribution in [-0.2, 0) is 12.8 Å². The lowest BCUT2D eigenvalue weighted by Crippen LogP contribution is -2.34. The molecule has 0 saturated heterocycles. The molecule has 4 rings (SSSR count). The Bertz CT molecular complexity index is 806. The SMILES string of the molecule is [C-]#[N+]/C(=C\c1cc2c3c(c1)CCCN3CCC2)c1ccc(C)cc1. The van der Waals surface area contributed by atoms with Gasteiger partial charge in [0.25, 0.3) is 0 Å². The summed E-state index contributed by atoms with van der Waals surface area (Å²) in [5, 5.41) is 0. The van der Waals surface area contributed by atoms with Crippen molar-refractivity contribution in [3.05, 3.63) is 75.6 Å². The minimum atomic E-state index is 0.727. The second kappa shape index (κ2) is 6.17. The molecule has 0 atom stereocenters. The van der Waals surface area contributed by atoms with E-state index >= 15 is 0 Å². The second-order valence-electron chi connectivity index (χ2n) is 6.89. The van der Waals surface area contributed by atoms with Gasteiger partial charge >= 0.3 is 0 Å². The smallest absolute Gasteiger partial charge is 0.194 e. The van der Waals surface area contributed by atoms with Crippen LogP contribution < -0.4 is 4.90 Å². The summed E-state index contributed by atoms with van der Waals surface area (Å²) >= 11 is 0. The van der Waals surface area contributed by atoms with Gasteiger partial charge in [0.15, 0.2) is 5.70 Å². The molecule has 120 valence electrons. The molecule has 0 saturated carbocycles. The lowest BCUT2D eigenvalue weighted by Gasteiger charge is -2.37. The van der Waals surface area contributed by atoms with Gasteiger partial charge in [-0.1, -0.05) is 42.0 Å². The summed E-state index contributed by atoms with van der Waals surface area (Å²) in [4.78, 5) is 6.34. The van der Waals surface area contributed by atoms with Crippen molar-refractivity contribution in [3.8, 4) is 0 Å². The van der Waals surface area contributed by atoms with Gasteiger partial charge in [0, 0.05) is 18.8 Å². The Kier molecular flexibility index (Phi) is 3.86. The van der Waals surface area contributed by atoms with Crippen LogP contribution in [-0.4, -0.2) is 13.1 Å². The van der Waals surface area contributed by atoms with Crippen molar-refractivity contribution in [1.82, 2.24) is 0 Å². The van der Waals surface area contributed by atoms with E-state index in [1.807, 2.05) is 12.1 Å². The fourth-order valence-electron chi connectivity index (χ4n) is 3.98. The Morgan fingerprint density at radius 1 is 1.04 bits per heavy atom. The number of aryl methyl sites for hydroxylation is 3. The molecule has 0 N–H and O–H groups in total. The molecular weight excluding hydrogens is 292 g/mol. The summed E-state index contributed by atoms with van der Waals surface area (Å²) in [6.07, 6.45) is 6.87. The molecule has 0 aromatic heterocycles. The predicted octanol–water partition coefficient (Wildman–Crippen LogP) is 5.11. The zero-order valence-electron chi connectivity index (χ0n) is 14.2. The first-order chi connectivity index (χ1) is 11.7. The van der Waals surface area contributed by atoms with Crippen molar-refractivity contribution in [2.75, 3.05) is 18.0 Å². The monoisotopic (exact) mass is 314 g/mol. The number of benzene rings is 2. The molecule has 2 heteroatoms. The average Bonchev–Trinajstić information content (AvgIpc) is 2.61. The summed E-state index contributed by atoms with van der Waals surface area (Å²) < 4.78 is 0. The molecule has 0 bridgehead atoms. The Balaban J connectivity index is 1.76. The first-order valence-corrected chi connectivity index (χ1v) is 8.81. The van der Waals surface area contributed by atoms with Gasteiger partial charge in [-0.05, 0) is 60.9 Å². The Hall–Kier alpha value is -2.53. The highest BCUT2D eigenvalue weighted by Crippen LogP contribution is 2.36. The summed E-state index contributed by atoms with van der Waals surface area (Å²) in [5.74, 6) is 0. The summed E-state index contributed by atoms with van der Waals surface area (Å²) in [7, 11) is 0. The largest absolute Gasteiger partial charge is 0.371 e. The zero-order chi connectivity index (χ0) is 16.5. The van der Waals surface area contributed by atoms with Crippen LogP contribution >= 0.6 is 0 Å². The van der Waals surface area contributed by atoms with E-state index in [0.717, 1.165) is 11.3 Å². The minimum Gasteiger partial charge on any atom is -0.371 e. The number of nitrogens with zero attached hydrogens (tertiary/aromatic N) is 2. The number of hydrogen-bond donors (Lipinski definition) is 0. The van der Waals surface area contributed by atoms with E-state index < -0.39 is 0 Å². The van der Waals surface area contributed by atoms with Gasteiger partial charge in [-0.15, -0.1) is 0 Å². The molecule has 2 aromatic carbocycles. The van der Waals surface area contributed by atoms with E-state index in [1.165, 1.54) is 66.7 Å². The highest BCUT2D eigenvalue weighted by atomic mass is 15.1. The molecule has 2 aliphatic rings. The van der Waals surface area contributed by atoms with Crippen molar-refractivity contribution in [2.45, 2.75) is 32.6 Å². The fraction of sp³-hybridized carbons (Fsp3) is 0.318. The predicted molar refractivity (Wildman–Crippen MR) is 101 cm³/mol. The molecule has 0 spiro atoms. The van der Waals surface area contributed by atoms with E-state index in [4.69, 9.17) is 6.57 Å². The second-order valence-corrected chi connectivity index (χ2v) is 6.89. The summed E-state index contributed by atoms with van der Waals surface area (Å²) in [5.41, 5.74) is 8.56. The molecule has 2 nitrogen and oxygen atoms in total. The van der Waals surface area contributed by atoms with Crippen LogP contribution in [0.1, 0.15) is 40.7 Å². The van der Waals surface area contributed by atoms with Crippen LogP contribution in [0.3, 0.4) is 0 Å². The van der Waals surface area contributed by atoms with E-state index in [1.54, 1.807) is 0 Å². The van der Waals surface area contributed by atoms with Crippen LogP contribution in [0.4, 0.5) is 5.69 Å². The van der Waals surface area contributed by atoms with Gasteiger partial charge in [0.05, 0.1) is 6.57 Å². The van der Waals surface area contributed by atoms with Gasteiger partial charge < -0.3 is 4.90 Å². The van der Waals surface area contributed by atoms with E-state index in [0.29, 0.717) is 0 Å². The molecule has 2 aliphatic heterocycles. The number of hydrogen-bond acceptors (Lipinski definition) is 1. The lowest BCUT2D eigenvalue weighted by atomic mass is 9.90. The molecule has 0 aliphatic carbocycles. The Morgan fingerprint density at radius 2 is 1.67 bits per heavy atom. The molecule has 0 radical (unpaired) electrons. The van der Waals surface area contributed by atoms with Crippen molar-refractivity contribution in [2.24, 2.45) is 0 Å². The number of rotatable bonds is 2. The average molecular weight is 314 g/mol. The third-order valence-electron chi connectivity index (χ3n) is 5.13. The van der Waals surface area contributed by atoms with Gasteiger partial charge in [-0.2, -0.15) is 0 Å². The Morgan fingerprint density at radius 3 is 2.25 bits per heavy atom. The van der Waals surface area contributed by atoms with Crippen LogP contribution in [0.15, 0.2) is 36.4 Å². The summed E-state index contributed by atoms with van der Waals surface area (Å²) in [6.45, 7) is 12.1. The molecule has 2 heterocycles. The molecule has 0 fully saturated rings. The molecule has 24 heavy (non-hydrogen) atoms. The van der Waals surface area contributed by atoms with Crippen molar-refractivity contribution >= 4 is 17.5 Å². The maximum absolute atomic E-state index is 7.58. The third-order valence-corrected chi connectivity index (χ3v) is 5.13. The van der Waals surface area contributed by atoms with E-state index in [-0.39, 0.29) is 0 Å². The van der Waals surface area contributed by atoms with Crippen molar-refractivity contribution < 1.29 is 0 Å². The third kappa shape index (κ3) is 2.71. The van der Waals surface area contributed by atoms with Gasteiger partial charge in [-0.25, -0.2) is 4.85 Å². The maximum Gasteiger partial charge on any atom is 0.194 e. The van der Waals surface area contributed by atoms with E-state index in [9.17, 15) is 0 Å². The van der Waals surface area contributed by atoms with Gasteiger partial charge in [-0.3, -0.25) is 0 Å². The van der Waals surface area contributed by atoms with Gasteiger partial charge in [0.1, 0.15) is 0 Å². The standard InChI is InChI=1S/C22H22N2/c1-16-7-9-18(10-8-16)21(23-2)15-17-13-19-5-3-11-24-12-4-6-20(14-17)22(19)24/h7-10,13-15H,3-6,11-12H2,1H3/b21-15-. The van der Waals surface area contributed by atoms with Crippen LogP contribution in [0.5, 0.6) is 0 Å². The molecule has 2 aromatic rings. The van der Waals surface area contributed by atoms with Crippen molar-refractivity contribution in [3.63, 3.8) is 0 Å². The molecule has 0 unspecified atom stereocenters. The topological polar surface area (TPSA) is 7.60 Å². The molecule has 0 amide bonds. The number of anilines is 1. The maximum atomic E-state index is 7.58. The summed E-state index contributed by atoms with van der Waals surface area (Å²) in [6, 6.07) is 12.8. The first kappa shape index (κ1) is 15.0. The minimum absolute atomic E-state index is 0.727. The first-order valence-electron chi connectivity index (χ1n) is 8.81. The highest BCUT2D eigenvalue weighted by molar-refractivity contribution is 5.86. The Labute approximate surface area is 144 Å². The quantitative estimate of drug-likeness (QED) is 0.552. The van der Waals surface area contributed by atoms with Crippen LogP contribution in [0.25, 0.3) is 16.6 Å². The van der Waals surface area contributed by atoms with Crippen molar-refractivity contribution in [1.29, 1.82) is 0 Å². The zero-order valence-corrected chi connectivity index (χ0v) is 14.2. The van der Waals surface area contributed by atoms with Crippen LogP contribution in [0, 0.1) is 13.5 Å².